The molecule has 2 amide bonds. The molecule has 2 N–H and O–H groups in total. The van der Waals surface area contributed by atoms with E-state index in [4.69, 9.17) is 25.8 Å². The van der Waals surface area contributed by atoms with E-state index < -0.39 is 23.7 Å². The number of halogens is 1. The molecule has 0 aliphatic rings. The van der Waals surface area contributed by atoms with Crippen molar-refractivity contribution >= 4 is 35.3 Å². The number of rotatable bonds is 10. The van der Waals surface area contributed by atoms with Gasteiger partial charge in [0, 0.05) is 17.3 Å². The summed E-state index contributed by atoms with van der Waals surface area (Å²) >= 11 is 6.25. The van der Waals surface area contributed by atoms with Gasteiger partial charge in [0.2, 0.25) is 0 Å². The highest BCUT2D eigenvalue weighted by molar-refractivity contribution is 6.32. The van der Waals surface area contributed by atoms with Gasteiger partial charge in [-0.2, -0.15) is 0 Å². The lowest BCUT2D eigenvalue weighted by Gasteiger charge is -2.20. The minimum atomic E-state index is -0.601. The molecule has 35 heavy (non-hydrogen) atoms. The van der Waals surface area contributed by atoms with Crippen molar-refractivity contribution in [2.45, 2.75) is 58.6 Å². The Kier molecular flexibility index (Phi) is 10.4. The fourth-order valence-corrected chi connectivity index (χ4v) is 3.36. The second-order valence-corrected chi connectivity index (χ2v) is 9.38. The molecule has 0 aliphatic heterocycles. The van der Waals surface area contributed by atoms with Gasteiger partial charge in [-0.15, -0.1) is 0 Å². The van der Waals surface area contributed by atoms with Crippen LogP contribution in [0.3, 0.4) is 0 Å². The number of hydrogen-bond acceptors (Lipinski definition) is 6. The zero-order valence-corrected chi connectivity index (χ0v) is 21.5. The van der Waals surface area contributed by atoms with Crippen molar-refractivity contribution in [3.63, 3.8) is 0 Å². The Labute approximate surface area is 211 Å². The standard InChI is InChI=1S/C26H33ClN2O6/c1-6-13-34-22-12-9-18(15-21(22)27)24(31)28-20(16-23(30)33-5)14-17-7-10-19(11-8-17)29-25(32)35-26(2,3)4/h7-12,15,20H,6,13-14,16H2,1-5H3,(H,28,31)(H,29,32)/t20-/m0/s1. The van der Waals surface area contributed by atoms with E-state index in [9.17, 15) is 14.4 Å². The molecular formula is C26H33ClN2O6. The maximum absolute atomic E-state index is 12.9. The number of hydrogen-bond donors (Lipinski definition) is 2. The highest BCUT2D eigenvalue weighted by Gasteiger charge is 2.20. The third-order valence-electron chi connectivity index (χ3n) is 4.71. The SMILES string of the molecule is CCCOc1ccc(C(=O)N[C@H](CC(=O)OC)Cc2ccc(NC(=O)OC(C)(C)C)cc2)cc1Cl. The summed E-state index contributed by atoms with van der Waals surface area (Å²) in [6, 6.07) is 11.4. The molecule has 0 bridgehead atoms. The van der Waals surface area contributed by atoms with E-state index in [1.54, 1.807) is 57.2 Å². The molecule has 2 aromatic rings. The quantitative estimate of drug-likeness (QED) is 0.421. The lowest BCUT2D eigenvalue weighted by Crippen LogP contribution is -2.38. The fraction of sp³-hybridized carbons (Fsp3) is 0.423. The van der Waals surface area contributed by atoms with E-state index in [1.807, 2.05) is 6.92 Å². The van der Waals surface area contributed by atoms with Crippen LogP contribution in [0.5, 0.6) is 5.75 Å². The van der Waals surface area contributed by atoms with Crippen LogP contribution in [-0.4, -0.2) is 43.3 Å². The number of benzene rings is 2. The molecule has 0 radical (unpaired) electrons. The lowest BCUT2D eigenvalue weighted by atomic mass is 10.0. The van der Waals surface area contributed by atoms with Crippen LogP contribution in [0.1, 0.15) is 56.5 Å². The summed E-state index contributed by atoms with van der Waals surface area (Å²) in [5.74, 6) is -0.304. The van der Waals surface area contributed by atoms with Crippen LogP contribution in [0, 0.1) is 0 Å². The Morgan fingerprint density at radius 1 is 1.06 bits per heavy atom. The maximum atomic E-state index is 12.9. The van der Waals surface area contributed by atoms with E-state index >= 15 is 0 Å². The van der Waals surface area contributed by atoms with E-state index in [-0.39, 0.29) is 12.3 Å². The smallest absolute Gasteiger partial charge is 0.412 e. The highest BCUT2D eigenvalue weighted by atomic mass is 35.5. The average molecular weight is 505 g/mol. The number of nitrogens with one attached hydrogen (secondary N) is 2. The molecule has 0 unspecified atom stereocenters. The van der Waals surface area contributed by atoms with Crippen LogP contribution in [0.2, 0.25) is 5.02 Å². The molecule has 0 fully saturated rings. The molecule has 0 aliphatic carbocycles. The fourth-order valence-electron chi connectivity index (χ4n) is 3.13. The topological polar surface area (TPSA) is 103 Å². The number of amides is 2. The number of ether oxygens (including phenoxy) is 3. The van der Waals surface area contributed by atoms with E-state index in [1.165, 1.54) is 13.2 Å². The average Bonchev–Trinajstić information content (AvgIpc) is 2.78. The summed E-state index contributed by atoms with van der Waals surface area (Å²) in [4.78, 5) is 36.8. The Morgan fingerprint density at radius 2 is 1.74 bits per heavy atom. The van der Waals surface area contributed by atoms with E-state index in [0.717, 1.165) is 12.0 Å². The normalized spacial score (nSPS) is 11.8. The van der Waals surface area contributed by atoms with Crippen LogP contribution in [-0.2, 0) is 20.7 Å². The first-order valence-corrected chi connectivity index (χ1v) is 11.8. The minimum Gasteiger partial charge on any atom is -0.492 e. The van der Waals surface area contributed by atoms with Gasteiger partial charge in [-0.3, -0.25) is 14.9 Å². The largest absolute Gasteiger partial charge is 0.492 e. The summed E-state index contributed by atoms with van der Waals surface area (Å²) in [5.41, 5.74) is 1.17. The van der Waals surface area contributed by atoms with Crippen molar-refractivity contribution in [3.05, 3.63) is 58.6 Å². The Hall–Kier alpha value is -3.26. The molecule has 8 nitrogen and oxygen atoms in total. The van der Waals surface area contributed by atoms with Crippen molar-refractivity contribution in [3.8, 4) is 5.75 Å². The Balaban J connectivity index is 2.07. The molecule has 2 aromatic carbocycles. The summed E-state index contributed by atoms with van der Waals surface area (Å²) in [6.07, 6.45) is 0.655. The van der Waals surface area contributed by atoms with Gasteiger partial charge in [-0.05, 0) is 69.5 Å². The first-order valence-electron chi connectivity index (χ1n) is 11.4. The second kappa shape index (κ2) is 13.0. The number of methoxy groups -OCH3 is 1. The van der Waals surface area contributed by atoms with Gasteiger partial charge >= 0.3 is 12.1 Å². The van der Waals surface area contributed by atoms with Crippen molar-refractivity contribution in [1.82, 2.24) is 5.32 Å². The van der Waals surface area contributed by atoms with Crippen LogP contribution in [0.4, 0.5) is 10.5 Å². The monoisotopic (exact) mass is 504 g/mol. The van der Waals surface area contributed by atoms with E-state index in [0.29, 0.717) is 35.1 Å². The summed E-state index contributed by atoms with van der Waals surface area (Å²) in [7, 11) is 1.30. The predicted octanol–water partition coefficient (Wildman–Crippen LogP) is 5.38. The van der Waals surface area contributed by atoms with Crippen LogP contribution in [0.25, 0.3) is 0 Å². The van der Waals surface area contributed by atoms with Gasteiger partial charge in [-0.1, -0.05) is 30.7 Å². The molecule has 1 atom stereocenters. The second-order valence-electron chi connectivity index (χ2n) is 8.97. The van der Waals surface area contributed by atoms with Crippen LogP contribution < -0.4 is 15.4 Å². The van der Waals surface area contributed by atoms with Crippen molar-refractivity contribution in [1.29, 1.82) is 0 Å². The Bertz CT molecular complexity index is 1020. The summed E-state index contributed by atoms with van der Waals surface area (Å²) < 4.78 is 15.6. The van der Waals surface area contributed by atoms with Crippen LogP contribution >= 0.6 is 11.6 Å². The first kappa shape index (κ1) is 28.0. The number of esters is 1. The molecule has 0 spiro atoms. The molecular weight excluding hydrogens is 472 g/mol. The maximum Gasteiger partial charge on any atom is 0.412 e. The first-order chi connectivity index (χ1) is 16.5. The van der Waals surface area contributed by atoms with Crippen molar-refractivity contribution < 1.29 is 28.6 Å². The zero-order valence-electron chi connectivity index (χ0n) is 20.8. The molecule has 9 heteroatoms. The van der Waals surface area contributed by atoms with Crippen LogP contribution in [0.15, 0.2) is 42.5 Å². The third kappa shape index (κ3) is 9.86. The summed E-state index contributed by atoms with van der Waals surface area (Å²) in [5, 5.41) is 5.89. The molecule has 0 saturated heterocycles. The van der Waals surface area contributed by atoms with Gasteiger partial charge in [0.05, 0.1) is 25.2 Å². The van der Waals surface area contributed by atoms with Gasteiger partial charge in [-0.25, -0.2) is 4.79 Å². The molecule has 0 heterocycles. The Morgan fingerprint density at radius 3 is 2.31 bits per heavy atom. The molecule has 190 valence electrons. The molecule has 0 aromatic heterocycles. The van der Waals surface area contributed by atoms with Gasteiger partial charge < -0.3 is 19.5 Å². The highest BCUT2D eigenvalue weighted by Crippen LogP contribution is 2.26. The predicted molar refractivity (Wildman–Crippen MR) is 135 cm³/mol. The van der Waals surface area contributed by atoms with Gasteiger partial charge in [0.25, 0.3) is 5.91 Å². The summed E-state index contributed by atoms with van der Waals surface area (Å²) in [6.45, 7) is 7.87. The van der Waals surface area contributed by atoms with Gasteiger partial charge in [0.1, 0.15) is 11.4 Å². The van der Waals surface area contributed by atoms with Gasteiger partial charge in [0.15, 0.2) is 0 Å². The number of carbonyl (C=O) groups excluding carboxylic acids is 3. The molecule has 0 saturated carbocycles. The van der Waals surface area contributed by atoms with Crippen molar-refractivity contribution in [2.24, 2.45) is 0 Å². The van der Waals surface area contributed by atoms with E-state index in [2.05, 4.69) is 10.6 Å². The third-order valence-corrected chi connectivity index (χ3v) is 5.01. The minimum absolute atomic E-state index is 0.00836. The number of carbonyl (C=O) groups is 3. The lowest BCUT2D eigenvalue weighted by molar-refractivity contribution is -0.141. The van der Waals surface area contributed by atoms with Crippen molar-refractivity contribution in [2.75, 3.05) is 19.0 Å². The number of anilines is 1. The molecule has 2 rings (SSSR count). The zero-order chi connectivity index (χ0) is 26.0.